The molecule has 2 rings (SSSR count). The molecule has 1 aliphatic heterocycles. The largest absolute Gasteiger partial charge is 0.370 e. The SMILES string of the molecule is NC(=O)CC(N)C(=O)NCC1CCN(C2CC2)C1. The Morgan fingerprint density at radius 1 is 1.33 bits per heavy atom. The molecule has 2 amide bonds. The van der Waals surface area contributed by atoms with Crippen molar-refractivity contribution in [3.05, 3.63) is 0 Å². The molecule has 2 unspecified atom stereocenters. The minimum absolute atomic E-state index is 0.0926. The van der Waals surface area contributed by atoms with Crippen molar-refractivity contribution >= 4 is 11.8 Å². The Morgan fingerprint density at radius 3 is 2.67 bits per heavy atom. The Morgan fingerprint density at radius 2 is 2.06 bits per heavy atom. The average Bonchev–Trinajstić information content (AvgIpc) is 3.05. The summed E-state index contributed by atoms with van der Waals surface area (Å²) in [6.45, 7) is 2.85. The van der Waals surface area contributed by atoms with Crippen molar-refractivity contribution in [2.45, 2.75) is 37.8 Å². The van der Waals surface area contributed by atoms with Gasteiger partial charge in [0.25, 0.3) is 0 Å². The van der Waals surface area contributed by atoms with Crippen molar-refractivity contribution in [3.63, 3.8) is 0 Å². The van der Waals surface area contributed by atoms with Crippen molar-refractivity contribution in [1.29, 1.82) is 0 Å². The molecular formula is C12H22N4O2. The molecule has 6 heteroatoms. The summed E-state index contributed by atoms with van der Waals surface area (Å²) in [5.74, 6) is -0.313. The number of nitrogens with zero attached hydrogens (tertiary/aromatic N) is 1. The highest BCUT2D eigenvalue weighted by molar-refractivity contribution is 5.87. The molecule has 18 heavy (non-hydrogen) atoms. The van der Waals surface area contributed by atoms with Crippen LogP contribution < -0.4 is 16.8 Å². The number of nitrogens with two attached hydrogens (primary N) is 2. The zero-order valence-corrected chi connectivity index (χ0v) is 10.6. The summed E-state index contributed by atoms with van der Waals surface area (Å²) in [6.07, 6.45) is 3.68. The Labute approximate surface area is 107 Å². The Balaban J connectivity index is 1.65. The lowest BCUT2D eigenvalue weighted by molar-refractivity contribution is -0.126. The zero-order chi connectivity index (χ0) is 13.1. The van der Waals surface area contributed by atoms with Gasteiger partial charge in [0.05, 0.1) is 12.5 Å². The molecule has 1 saturated heterocycles. The third-order valence-electron chi connectivity index (χ3n) is 3.70. The molecule has 2 atom stereocenters. The lowest BCUT2D eigenvalue weighted by atomic mass is 10.1. The maximum Gasteiger partial charge on any atom is 0.237 e. The van der Waals surface area contributed by atoms with Crippen LogP contribution in [0.3, 0.4) is 0 Å². The van der Waals surface area contributed by atoms with E-state index >= 15 is 0 Å². The van der Waals surface area contributed by atoms with E-state index in [-0.39, 0.29) is 12.3 Å². The van der Waals surface area contributed by atoms with E-state index < -0.39 is 11.9 Å². The van der Waals surface area contributed by atoms with Gasteiger partial charge in [-0.05, 0) is 31.7 Å². The molecule has 1 saturated carbocycles. The molecule has 0 aromatic rings. The number of likely N-dealkylation sites (tertiary alicyclic amines) is 1. The highest BCUT2D eigenvalue weighted by Crippen LogP contribution is 2.31. The van der Waals surface area contributed by atoms with E-state index in [0.717, 1.165) is 25.6 Å². The van der Waals surface area contributed by atoms with E-state index in [1.807, 2.05) is 0 Å². The Hall–Kier alpha value is -1.14. The third-order valence-corrected chi connectivity index (χ3v) is 3.70. The number of hydrogen-bond acceptors (Lipinski definition) is 4. The predicted molar refractivity (Wildman–Crippen MR) is 67.5 cm³/mol. The summed E-state index contributed by atoms with van der Waals surface area (Å²) in [4.78, 5) is 24.8. The van der Waals surface area contributed by atoms with Crippen LogP contribution in [0.15, 0.2) is 0 Å². The first-order valence-corrected chi connectivity index (χ1v) is 6.62. The molecule has 2 aliphatic rings. The second-order valence-corrected chi connectivity index (χ2v) is 5.40. The van der Waals surface area contributed by atoms with Gasteiger partial charge in [-0.3, -0.25) is 9.59 Å². The molecule has 0 spiro atoms. The third kappa shape index (κ3) is 3.68. The van der Waals surface area contributed by atoms with E-state index in [1.54, 1.807) is 0 Å². The highest BCUT2D eigenvalue weighted by Gasteiger charge is 2.34. The van der Waals surface area contributed by atoms with Gasteiger partial charge in [0, 0.05) is 19.1 Å². The minimum atomic E-state index is -0.816. The van der Waals surface area contributed by atoms with Gasteiger partial charge >= 0.3 is 0 Å². The maximum absolute atomic E-state index is 11.6. The standard InChI is InChI=1S/C12H22N4O2/c13-10(5-11(14)17)12(18)15-6-8-3-4-16(7-8)9-1-2-9/h8-10H,1-7,13H2,(H2,14,17)(H,15,18). The topological polar surface area (TPSA) is 101 Å². The maximum atomic E-state index is 11.6. The summed E-state index contributed by atoms with van der Waals surface area (Å²) in [7, 11) is 0. The normalized spacial score (nSPS) is 25.9. The summed E-state index contributed by atoms with van der Waals surface area (Å²) in [6, 6.07) is -0.0220. The monoisotopic (exact) mass is 254 g/mol. The van der Waals surface area contributed by atoms with E-state index in [0.29, 0.717) is 12.5 Å². The number of nitrogens with one attached hydrogen (secondary N) is 1. The predicted octanol–water partition coefficient (Wildman–Crippen LogP) is -1.21. The second-order valence-electron chi connectivity index (χ2n) is 5.40. The van der Waals surface area contributed by atoms with Crippen LogP contribution in [0, 0.1) is 5.92 Å². The molecule has 102 valence electrons. The van der Waals surface area contributed by atoms with Crippen LogP contribution in [0.25, 0.3) is 0 Å². The molecule has 6 nitrogen and oxygen atoms in total. The number of amides is 2. The molecule has 0 radical (unpaired) electrons. The Kier molecular flexibility index (Phi) is 4.19. The van der Waals surface area contributed by atoms with Crippen LogP contribution in [0.1, 0.15) is 25.7 Å². The zero-order valence-electron chi connectivity index (χ0n) is 10.6. The van der Waals surface area contributed by atoms with Gasteiger partial charge in [-0.15, -0.1) is 0 Å². The molecule has 2 fully saturated rings. The van der Waals surface area contributed by atoms with Crippen molar-refractivity contribution < 1.29 is 9.59 Å². The van der Waals surface area contributed by atoms with E-state index in [2.05, 4.69) is 10.2 Å². The Bertz CT molecular complexity index is 330. The van der Waals surface area contributed by atoms with E-state index in [4.69, 9.17) is 11.5 Å². The van der Waals surface area contributed by atoms with E-state index in [9.17, 15) is 9.59 Å². The summed E-state index contributed by atoms with van der Waals surface area (Å²) in [5, 5.41) is 2.81. The molecule has 0 bridgehead atoms. The van der Waals surface area contributed by atoms with Crippen LogP contribution in [0.4, 0.5) is 0 Å². The van der Waals surface area contributed by atoms with Crippen LogP contribution in [0.2, 0.25) is 0 Å². The van der Waals surface area contributed by atoms with Crippen molar-refractivity contribution in [1.82, 2.24) is 10.2 Å². The number of carbonyl (C=O) groups is 2. The first-order chi connectivity index (χ1) is 8.56. The van der Waals surface area contributed by atoms with Crippen LogP contribution in [0.5, 0.6) is 0 Å². The van der Waals surface area contributed by atoms with Gasteiger partial charge in [0.2, 0.25) is 11.8 Å². The lowest BCUT2D eigenvalue weighted by Gasteiger charge is -2.16. The molecule has 1 aliphatic carbocycles. The smallest absolute Gasteiger partial charge is 0.237 e. The van der Waals surface area contributed by atoms with Gasteiger partial charge in [-0.1, -0.05) is 0 Å². The first kappa shape index (κ1) is 13.3. The van der Waals surface area contributed by atoms with Crippen molar-refractivity contribution in [2.24, 2.45) is 17.4 Å². The molecule has 1 heterocycles. The lowest BCUT2D eigenvalue weighted by Crippen LogP contribution is -2.44. The average molecular weight is 254 g/mol. The highest BCUT2D eigenvalue weighted by atomic mass is 16.2. The number of hydrogen-bond donors (Lipinski definition) is 3. The van der Waals surface area contributed by atoms with Crippen molar-refractivity contribution in [3.8, 4) is 0 Å². The molecular weight excluding hydrogens is 232 g/mol. The number of rotatable bonds is 6. The second kappa shape index (κ2) is 5.67. The van der Waals surface area contributed by atoms with Gasteiger partial charge in [-0.25, -0.2) is 0 Å². The summed E-state index contributed by atoms with van der Waals surface area (Å²) < 4.78 is 0. The number of primary amides is 1. The molecule has 0 aromatic carbocycles. The van der Waals surface area contributed by atoms with E-state index in [1.165, 1.54) is 12.8 Å². The van der Waals surface area contributed by atoms with Crippen LogP contribution in [-0.4, -0.2) is 48.4 Å². The van der Waals surface area contributed by atoms with Gasteiger partial charge in [0.15, 0.2) is 0 Å². The van der Waals surface area contributed by atoms with Gasteiger partial charge in [-0.2, -0.15) is 0 Å². The van der Waals surface area contributed by atoms with Crippen LogP contribution in [-0.2, 0) is 9.59 Å². The van der Waals surface area contributed by atoms with Gasteiger partial charge < -0.3 is 21.7 Å². The summed E-state index contributed by atoms with van der Waals surface area (Å²) >= 11 is 0. The van der Waals surface area contributed by atoms with Gasteiger partial charge in [0.1, 0.15) is 0 Å². The molecule has 5 N–H and O–H groups in total. The fourth-order valence-electron chi connectivity index (χ4n) is 2.49. The van der Waals surface area contributed by atoms with Crippen LogP contribution >= 0.6 is 0 Å². The number of carbonyl (C=O) groups excluding carboxylic acids is 2. The minimum Gasteiger partial charge on any atom is -0.370 e. The van der Waals surface area contributed by atoms with Crippen molar-refractivity contribution in [2.75, 3.05) is 19.6 Å². The fraction of sp³-hybridized carbons (Fsp3) is 0.833. The molecule has 0 aromatic heterocycles. The fourth-order valence-corrected chi connectivity index (χ4v) is 2.49. The first-order valence-electron chi connectivity index (χ1n) is 6.62. The summed E-state index contributed by atoms with van der Waals surface area (Å²) in [5.41, 5.74) is 10.6. The quantitative estimate of drug-likeness (QED) is 0.553.